The third kappa shape index (κ3) is 4.62. The molecule has 2 N–H and O–H groups in total. The lowest BCUT2D eigenvalue weighted by atomic mass is 10.1. The topological polar surface area (TPSA) is 88.5 Å². The number of nitrogens with one attached hydrogen (secondary N) is 1. The Morgan fingerprint density at radius 3 is 2.55 bits per heavy atom. The molecule has 110 valence electrons. The van der Waals surface area contributed by atoms with Crippen molar-refractivity contribution in [2.75, 3.05) is 13.2 Å². The Kier molecular flexibility index (Phi) is 6.11. The van der Waals surface area contributed by atoms with Crippen LogP contribution in [0.25, 0.3) is 0 Å². The summed E-state index contributed by atoms with van der Waals surface area (Å²) in [6.45, 7) is 6.83. The minimum Gasteiger partial charge on any atom is -0.477 e. The lowest BCUT2D eigenvalue weighted by Crippen LogP contribution is -2.42. The van der Waals surface area contributed by atoms with Crippen LogP contribution in [0.4, 0.5) is 0 Å². The van der Waals surface area contributed by atoms with Gasteiger partial charge in [-0.2, -0.15) is 0 Å². The highest BCUT2D eigenvalue weighted by Gasteiger charge is 2.18. The Hall–Kier alpha value is -1.95. The Morgan fingerprint density at radius 1 is 1.35 bits per heavy atom. The van der Waals surface area contributed by atoms with Gasteiger partial charge < -0.3 is 15.2 Å². The van der Waals surface area contributed by atoms with E-state index in [-0.39, 0.29) is 23.3 Å². The molecule has 1 unspecified atom stereocenters. The van der Waals surface area contributed by atoms with Gasteiger partial charge in [0.05, 0.1) is 12.6 Å². The van der Waals surface area contributed by atoms with E-state index in [0.29, 0.717) is 13.2 Å². The molecule has 6 nitrogen and oxygen atoms in total. The number of nitrogens with zero attached hydrogens (tertiary/aromatic N) is 1. The average molecular weight is 280 g/mol. The molecule has 1 aromatic heterocycles. The van der Waals surface area contributed by atoms with Crippen LogP contribution in [0.5, 0.6) is 0 Å². The number of carbonyl (C=O) groups is 2. The molecule has 0 aromatic carbocycles. The minimum absolute atomic E-state index is 0.0899. The number of ether oxygens (including phenoxy) is 1. The summed E-state index contributed by atoms with van der Waals surface area (Å²) in [5.41, 5.74) is -0.0596. The molecular weight excluding hydrogens is 260 g/mol. The molecule has 1 atom stereocenters. The zero-order chi connectivity index (χ0) is 15.1. The molecule has 0 aliphatic carbocycles. The highest BCUT2D eigenvalue weighted by atomic mass is 16.5. The molecule has 0 radical (unpaired) electrons. The van der Waals surface area contributed by atoms with Crippen LogP contribution >= 0.6 is 0 Å². The third-order valence-corrected chi connectivity index (χ3v) is 2.82. The molecule has 1 rings (SSSR count). The van der Waals surface area contributed by atoms with Crippen LogP contribution in [0.3, 0.4) is 0 Å². The van der Waals surface area contributed by atoms with Crippen molar-refractivity contribution in [1.29, 1.82) is 0 Å². The summed E-state index contributed by atoms with van der Waals surface area (Å²) >= 11 is 0. The molecule has 1 amide bonds. The predicted octanol–water partition coefficient (Wildman–Crippen LogP) is 1.57. The van der Waals surface area contributed by atoms with Crippen LogP contribution in [-0.4, -0.2) is 41.2 Å². The second-order valence-electron chi connectivity index (χ2n) is 4.70. The van der Waals surface area contributed by atoms with Gasteiger partial charge >= 0.3 is 5.97 Å². The van der Waals surface area contributed by atoms with Crippen molar-refractivity contribution in [3.05, 3.63) is 29.6 Å². The fourth-order valence-electron chi connectivity index (χ4n) is 1.57. The van der Waals surface area contributed by atoms with Gasteiger partial charge in [0, 0.05) is 6.61 Å². The van der Waals surface area contributed by atoms with Gasteiger partial charge in [-0.3, -0.25) is 4.79 Å². The summed E-state index contributed by atoms with van der Waals surface area (Å²) in [5, 5.41) is 11.7. The highest BCUT2D eigenvalue weighted by Crippen LogP contribution is 2.05. The third-order valence-electron chi connectivity index (χ3n) is 2.82. The molecule has 0 aliphatic heterocycles. The number of rotatable bonds is 7. The maximum absolute atomic E-state index is 12.1. The highest BCUT2D eigenvalue weighted by molar-refractivity contribution is 5.94. The number of amides is 1. The molecule has 0 spiro atoms. The van der Waals surface area contributed by atoms with Crippen LogP contribution in [-0.2, 0) is 4.74 Å². The van der Waals surface area contributed by atoms with E-state index >= 15 is 0 Å². The first-order chi connectivity index (χ1) is 9.45. The van der Waals surface area contributed by atoms with Crippen molar-refractivity contribution in [2.45, 2.75) is 26.8 Å². The predicted molar refractivity (Wildman–Crippen MR) is 73.8 cm³/mol. The fraction of sp³-hybridized carbons (Fsp3) is 0.500. The van der Waals surface area contributed by atoms with Gasteiger partial charge in [0.15, 0.2) is 0 Å². The van der Waals surface area contributed by atoms with Gasteiger partial charge in [0.2, 0.25) is 0 Å². The number of hydrogen-bond acceptors (Lipinski definition) is 4. The Bertz CT molecular complexity index is 474. The summed E-state index contributed by atoms with van der Waals surface area (Å²) in [4.78, 5) is 26.7. The van der Waals surface area contributed by atoms with Crippen LogP contribution in [0, 0.1) is 5.92 Å². The lowest BCUT2D eigenvalue weighted by molar-refractivity contribution is 0.0690. The maximum Gasteiger partial charge on any atom is 0.354 e. The fourth-order valence-corrected chi connectivity index (χ4v) is 1.57. The molecular formula is C14H20N2O4. The SMILES string of the molecule is CCOCC(NC(=O)c1cccc(C(=O)O)n1)C(C)C. The molecule has 0 saturated carbocycles. The molecule has 20 heavy (non-hydrogen) atoms. The van der Waals surface area contributed by atoms with Crippen molar-refractivity contribution in [2.24, 2.45) is 5.92 Å². The molecule has 6 heteroatoms. The van der Waals surface area contributed by atoms with Gasteiger partial charge in [-0.15, -0.1) is 0 Å². The van der Waals surface area contributed by atoms with Crippen molar-refractivity contribution in [3.8, 4) is 0 Å². The quantitative estimate of drug-likeness (QED) is 0.791. The van der Waals surface area contributed by atoms with Gasteiger partial charge in [0.1, 0.15) is 11.4 Å². The number of carboxylic acid groups (broad SMARTS) is 1. The van der Waals surface area contributed by atoms with Gasteiger partial charge in [-0.05, 0) is 25.0 Å². The summed E-state index contributed by atoms with van der Waals surface area (Å²) < 4.78 is 5.33. The summed E-state index contributed by atoms with van der Waals surface area (Å²) in [6, 6.07) is 4.19. The molecule has 0 aliphatic rings. The van der Waals surface area contributed by atoms with E-state index in [9.17, 15) is 9.59 Å². The minimum atomic E-state index is -1.16. The number of pyridine rings is 1. The van der Waals surface area contributed by atoms with E-state index in [0.717, 1.165) is 0 Å². The lowest BCUT2D eigenvalue weighted by Gasteiger charge is -2.21. The van der Waals surface area contributed by atoms with Crippen LogP contribution in [0.2, 0.25) is 0 Å². The number of carboxylic acids is 1. The van der Waals surface area contributed by atoms with Crippen LogP contribution in [0.1, 0.15) is 41.7 Å². The first kappa shape index (κ1) is 16.1. The zero-order valence-corrected chi connectivity index (χ0v) is 11.9. The number of aromatic carboxylic acids is 1. The van der Waals surface area contributed by atoms with Crippen molar-refractivity contribution < 1.29 is 19.4 Å². The monoisotopic (exact) mass is 280 g/mol. The smallest absolute Gasteiger partial charge is 0.354 e. The van der Waals surface area contributed by atoms with E-state index in [2.05, 4.69) is 10.3 Å². The van der Waals surface area contributed by atoms with Crippen molar-refractivity contribution >= 4 is 11.9 Å². The second kappa shape index (κ2) is 7.59. The summed E-state index contributed by atoms with van der Waals surface area (Å²) in [7, 11) is 0. The van der Waals surface area contributed by atoms with Crippen molar-refractivity contribution in [1.82, 2.24) is 10.3 Å². The van der Waals surface area contributed by atoms with E-state index < -0.39 is 11.9 Å². The second-order valence-corrected chi connectivity index (χ2v) is 4.70. The average Bonchev–Trinajstić information content (AvgIpc) is 2.42. The molecule has 1 aromatic rings. The first-order valence-electron chi connectivity index (χ1n) is 6.54. The summed E-state index contributed by atoms with van der Waals surface area (Å²) in [6.07, 6.45) is 0. The molecule has 0 bridgehead atoms. The number of carbonyl (C=O) groups excluding carboxylic acids is 1. The number of aromatic nitrogens is 1. The van der Waals surface area contributed by atoms with E-state index in [1.807, 2.05) is 20.8 Å². The first-order valence-corrected chi connectivity index (χ1v) is 6.54. The van der Waals surface area contributed by atoms with Gasteiger partial charge in [-0.25, -0.2) is 9.78 Å². The Labute approximate surface area is 118 Å². The summed E-state index contributed by atoms with van der Waals surface area (Å²) in [5.74, 6) is -1.35. The van der Waals surface area contributed by atoms with Gasteiger partial charge in [-0.1, -0.05) is 19.9 Å². The van der Waals surface area contributed by atoms with Crippen LogP contribution in [0.15, 0.2) is 18.2 Å². The van der Waals surface area contributed by atoms with Crippen LogP contribution < -0.4 is 5.32 Å². The molecule has 1 heterocycles. The zero-order valence-electron chi connectivity index (χ0n) is 11.9. The Balaban J connectivity index is 2.78. The van der Waals surface area contributed by atoms with E-state index in [4.69, 9.17) is 9.84 Å². The molecule has 0 saturated heterocycles. The van der Waals surface area contributed by atoms with E-state index in [1.165, 1.54) is 18.2 Å². The van der Waals surface area contributed by atoms with Gasteiger partial charge in [0.25, 0.3) is 5.91 Å². The molecule has 0 fully saturated rings. The standard InChI is InChI=1S/C14H20N2O4/c1-4-20-8-12(9(2)3)16-13(17)10-6-5-7-11(15-10)14(18)19/h5-7,9,12H,4,8H2,1-3H3,(H,16,17)(H,18,19). The maximum atomic E-state index is 12.1. The Morgan fingerprint density at radius 2 is 2.00 bits per heavy atom. The normalized spacial score (nSPS) is 12.2. The number of hydrogen-bond donors (Lipinski definition) is 2. The largest absolute Gasteiger partial charge is 0.477 e. The van der Waals surface area contributed by atoms with E-state index in [1.54, 1.807) is 0 Å². The van der Waals surface area contributed by atoms with Crippen molar-refractivity contribution in [3.63, 3.8) is 0 Å².